The van der Waals surface area contributed by atoms with Gasteiger partial charge in [0.1, 0.15) is 0 Å². The normalized spacial score (nSPS) is 12.6. The molecular weight excluding hydrogens is 357 g/mol. The average Bonchev–Trinajstić information content (AvgIpc) is 2.19. The van der Waals surface area contributed by atoms with Gasteiger partial charge in [0.05, 0.1) is 6.10 Å². The largest absolute Gasteiger partial charge is 0.382 e. The maximum atomic E-state index is 5.16. The zero-order valence-electron chi connectivity index (χ0n) is 8.18. The lowest BCUT2D eigenvalue weighted by Gasteiger charge is -2.13. The minimum atomic E-state index is 0.222. The van der Waals surface area contributed by atoms with Crippen molar-refractivity contribution in [2.45, 2.75) is 13.0 Å². The summed E-state index contributed by atoms with van der Waals surface area (Å²) in [4.78, 5) is 0. The topological polar surface area (TPSA) is 21.3 Å². The maximum absolute atomic E-state index is 5.16. The van der Waals surface area contributed by atoms with Crippen LogP contribution in [0.4, 0.5) is 5.69 Å². The van der Waals surface area contributed by atoms with Gasteiger partial charge in [-0.1, -0.05) is 0 Å². The van der Waals surface area contributed by atoms with Crippen LogP contribution in [0.2, 0.25) is 0 Å². The Hall–Kier alpha value is 0.190. The lowest BCUT2D eigenvalue weighted by Crippen LogP contribution is -2.18. The smallest absolute Gasteiger partial charge is 0.0715 e. The molecule has 0 spiro atoms. The molecule has 14 heavy (non-hydrogen) atoms. The van der Waals surface area contributed by atoms with E-state index in [0.717, 1.165) is 16.7 Å². The highest BCUT2D eigenvalue weighted by Gasteiger charge is 2.02. The maximum Gasteiger partial charge on any atom is 0.0715 e. The van der Waals surface area contributed by atoms with E-state index in [1.54, 1.807) is 7.11 Å². The predicted octanol–water partition coefficient (Wildman–Crippen LogP) is 3.50. The summed E-state index contributed by atoms with van der Waals surface area (Å²) in [6.45, 7) is 2.85. The Labute approximate surface area is 107 Å². The number of rotatable bonds is 4. The molecule has 0 aliphatic rings. The van der Waals surface area contributed by atoms with Gasteiger partial charge < -0.3 is 10.1 Å². The predicted molar refractivity (Wildman–Crippen MR) is 71.8 cm³/mol. The van der Waals surface area contributed by atoms with Crippen molar-refractivity contribution in [2.24, 2.45) is 0 Å². The Bertz CT molecular complexity index is 306. The molecule has 1 aromatic carbocycles. The Morgan fingerprint density at radius 2 is 2.29 bits per heavy atom. The molecule has 1 aromatic rings. The second kappa shape index (κ2) is 5.92. The van der Waals surface area contributed by atoms with E-state index < -0.39 is 0 Å². The average molecular weight is 370 g/mol. The summed E-state index contributed by atoms with van der Waals surface area (Å²) in [5.74, 6) is 0. The number of benzene rings is 1. The van der Waals surface area contributed by atoms with E-state index in [1.807, 2.05) is 13.0 Å². The summed E-state index contributed by atoms with van der Waals surface area (Å²) >= 11 is 5.79. The molecule has 0 radical (unpaired) electrons. The molecule has 0 heterocycles. The lowest BCUT2D eigenvalue weighted by atomic mass is 10.3. The number of hydrogen-bond donors (Lipinski definition) is 1. The van der Waals surface area contributed by atoms with E-state index in [4.69, 9.17) is 4.74 Å². The fourth-order valence-corrected chi connectivity index (χ4v) is 1.85. The number of halogens is 2. The molecule has 0 aromatic heterocycles. The molecule has 0 bridgehead atoms. The van der Waals surface area contributed by atoms with Gasteiger partial charge >= 0.3 is 0 Å². The Kier molecular flexibility index (Phi) is 5.19. The third kappa shape index (κ3) is 3.74. The SMILES string of the molecule is COC(C)CNc1cc(I)ccc1Br. The first-order valence-electron chi connectivity index (χ1n) is 4.35. The van der Waals surface area contributed by atoms with Crippen molar-refractivity contribution in [2.75, 3.05) is 19.0 Å². The van der Waals surface area contributed by atoms with E-state index in [1.165, 1.54) is 3.57 Å². The zero-order valence-corrected chi connectivity index (χ0v) is 11.9. The van der Waals surface area contributed by atoms with Crippen LogP contribution in [0.25, 0.3) is 0 Å². The van der Waals surface area contributed by atoms with Crippen LogP contribution in [0.1, 0.15) is 6.92 Å². The fraction of sp³-hybridized carbons (Fsp3) is 0.400. The van der Waals surface area contributed by atoms with Crippen molar-refractivity contribution in [3.8, 4) is 0 Å². The Morgan fingerprint density at radius 3 is 2.93 bits per heavy atom. The van der Waals surface area contributed by atoms with E-state index >= 15 is 0 Å². The van der Waals surface area contributed by atoms with Crippen LogP contribution in [0.5, 0.6) is 0 Å². The van der Waals surface area contributed by atoms with Crippen LogP contribution < -0.4 is 5.32 Å². The molecule has 0 amide bonds. The van der Waals surface area contributed by atoms with Crippen molar-refractivity contribution in [1.29, 1.82) is 0 Å². The van der Waals surface area contributed by atoms with Crippen molar-refractivity contribution >= 4 is 44.2 Å². The van der Waals surface area contributed by atoms with Crippen LogP contribution in [-0.4, -0.2) is 19.8 Å². The summed E-state index contributed by atoms with van der Waals surface area (Å²) in [5, 5.41) is 3.33. The molecule has 1 rings (SSSR count). The quantitative estimate of drug-likeness (QED) is 0.820. The van der Waals surface area contributed by atoms with Gasteiger partial charge in [-0.2, -0.15) is 0 Å². The molecule has 1 atom stereocenters. The van der Waals surface area contributed by atoms with Crippen molar-refractivity contribution in [3.63, 3.8) is 0 Å². The fourth-order valence-electron chi connectivity index (χ4n) is 0.970. The molecule has 0 saturated heterocycles. The highest BCUT2D eigenvalue weighted by atomic mass is 127. The lowest BCUT2D eigenvalue weighted by molar-refractivity contribution is 0.129. The van der Waals surface area contributed by atoms with Crippen LogP contribution in [0.3, 0.4) is 0 Å². The van der Waals surface area contributed by atoms with Crippen LogP contribution >= 0.6 is 38.5 Å². The summed E-state index contributed by atoms with van der Waals surface area (Å²) in [5.41, 5.74) is 1.11. The van der Waals surface area contributed by atoms with Crippen molar-refractivity contribution < 1.29 is 4.74 Å². The Balaban J connectivity index is 2.62. The number of ether oxygens (including phenoxy) is 1. The van der Waals surface area contributed by atoms with Crippen LogP contribution in [0.15, 0.2) is 22.7 Å². The summed E-state index contributed by atoms with van der Waals surface area (Å²) < 4.78 is 7.47. The van der Waals surface area contributed by atoms with E-state index in [2.05, 4.69) is 56.0 Å². The molecule has 0 saturated carbocycles. The molecular formula is C10H13BrINO. The van der Waals surface area contributed by atoms with Gasteiger partial charge in [0.2, 0.25) is 0 Å². The molecule has 0 aliphatic carbocycles. The van der Waals surface area contributed by atoms with E-state index in [0.29, 0.717) is 0 Å². The van der Waals surface area contributed by atoms with Gasteiger partial charge in [-0.05, 0) is 63.6 Å². The molecule has 0 fully saturated rings. The van der Waals surface area contributed by atoms with Gasteiger partial charge in [0.15, 0.2) is 0 Å². The van der Waals surface area contributed by atoms with Crippen molar-refractivity contribution in [1.82, 2.24) is 0 Å². The summed E-state index contributed by atoms with van der Waals surface area (Å²) in [6.07, 6.45) is 0.222. The number of anilines is 1. The second-order valence-electron chi connectivity index (χ2n) is 3.05. The first kappa shape index (κ1) is 12.3. The standard InChI is InChI=1S/C10H13BrINO/c1-7(14-2)6-13-10-5-8(12)3-4-9(10)11/h3-5,7,13H,6H2,1-2H3. The molecule has 1 unspecified atom stereocenters. The molecule has 1 N–H and O–H groups in total. The van der Waals surface area contributed by atoms with E-state index in [9.17, 15) is 0 Å². The third-order valence-electron chi connectivity index (χ3n) is 1.91. The summed E-state index contributed by atoms with van der Waals surface area (Å²) in [6, 6.07) is 6.21. The number of hydrogen-bond acceptors (Lipinski definition) is 2. The minimum absolute atomic E-state index is 0.222. The van der Waals surface area contributed by atoms with E-state index in [-0.39, 0.29) is 6.10 Å². The zero-order chi connectivity index (χ0) is 10.6. The van der Waals surface area contributed by atoms with Gasteiger partial charge in [0, 0.05) is 27.4 Å². The third-order valence-corrected chi connectivity index (χ3v) is 3.27. The highest BCUT2D eigenvalue weighted by Crippen LogP contribution is 2.24. The molecule has 2 nitrogen and oxygen atoms in total. The first-order valence-corrected chi connectivity index (χ1v) is 6.22. The molecule has 4 heteroatoms. The second-order valence-corrected chi connectivity index (χ2v) is 5.15. The Morgan fingerprint density at radius 1 is 1.57 bits per heavy atom. The number of methoxy groups -OCH3 is 1. The van der Waals surface area contributed by atoms with Crippen molar-refractivity contribution in [3.05, 3.63) is 26.2 Å². The minimum Gasteiger partial charge on any atom is -0.382 e. The van der Waals surface area contributed by atoms with Gasteiger partial charge in [-0.25, -0.2) is 0 Å². The van der Waals surface area contributed by atoms with Gasteiger partial charge in [-0.3, -0.25) is 0 Å². The summed E-state index contributed by atoms with van der Waals surface area (Å²) in [7, 11) is 1.72. The number of nitrogens with one attached hydrogen (secondary N) is 1. The van der Waals surface area contributed by atoms with Crippen LogP contribution in [-0.2, 0) is 4.74 Å². The van der Waals surface area contributed by atoms with Gasteiger partial charge in [-0.15, -0.1) is 0 Å². The molecule has 0 aliphatic heterocycles. The van der Waals surface area contributed by atoms with Gasteiger partial charge in [0.25, 0.3) is 0 Å². The van der Waals surface area contributed by atoms with Crippen LogP contribution in [0, 0.1) is 3.57 Å². The monoisotopic (exact) mass is 369 g/mol. The molecule has 78 valence electrons. The first-order chi connectivity index (χ1) is 6.63. The highest BCUT2D eigenvalue weighted by molar-refractivity contribution is 14.1.